The molecule has 0 saturated heterocycles. The minimum absolute atomic E-state index is 0.0765. The summed E-state index contributed by atoms with van der Waals surface area (Å²) in [7, 11) is 1.94. The predicted octanol–water partition coefficient (Wildman–Crippen LogP) is 2.64. The van der Waals surface area contributed by atoms with Gasteiger partial charge in [0.2, 0.25) is 0 Å². The van der Waals surface area contributed by atoms with Crippen LogP contribution in [0.2, 0.25) is 0 Å². The molecule has 1 aromatic carbocycles. The molecule has 0 fully saturated rings. The van der Waals surface area contributed by atoms with Gasteiger partial charge in [-0.05, 0) is 28.1 Å². The molecule has 3 N–H and O–H groups in total. The van der Waals surface area contributed by atoms with E-state index in [9.17, 15) is 0 Å². The molecule has 0 aliphatic carbocycles. The second kappa shape index (κ2) is 6.03. The highest BCUT2D eigenvalue weighted by Crippen LogP contribution is 2.28. The Balaban J connectivity index is 2.36. The number of aromatic nitrogens is 1. The van der Waals surface area contributed by atoms with Crippen LogP contribution >= 0.6 is 27.3 Å². The second-order valence-corrected chi connectivity index (χ2v) is 5.53. The molecule has 1 heterocycles. The van der Waals surface area contributed by atoms with E-state index in [0.717, 1.165) is 15.9 Å². The van der Waals surface area contributed by atoms with Crippen LogP contribution in [0.25, 0.3) is 0 Å². The molecule has 19 heavy (non-hydrogen) atoms. The summed E-state index contributed by atoms with van der Waals surface area (Å²) in [4.78, 5) is 6.26. The Morgan fingerprint density at radius 1 is 1.58 bits per heavy atom. The number of nitrogens with two attached hydrogens (primary N) is 1. The van der Waals surface area contributed by atoms with Crippen molar-refractivity contribution in [2.45, 2.75) is 6.54 Å². The van der Waals surface area contributed by atoms with Crippen LogP contribution < -0.4 is 10.6 Å². The van der Waals surface area contributed by atoms with Gasteiger partial charge in [0.1, 0.15) is 0 Å². The zero-order valence-corrected chi connectivity index (χ0v) is 12.6. The lowest BCUT2D eigenvalue weighted by molar-refractivity contribution is 0.318. The number of halogens is 1. The number of amidine groups is 1. The first-order valence-electron chi connectivity index (χ1n) is 5.48. The maximum atomic E-state index is 8.89. The summed E-state index contributed by atoms with van der Waals surface area (Å²) in [5.41, 5.74) is 10.1. The molecule has 0 unspecified atom stereocenters. The first-order valence-corrected chi connectivity index (χ1v) is 7.21. The van der Waals surface area contributed by atoms with E-state index in [1.807, 2.05) is 35.5 Å². The Bertz CT molecular complexity index is 585. The average Bonchev–Trinajstić information content (AvgIpc) is 2.90. The Hall–Kier alpha value is -1.60. The number of anilines is 1. The van der Waals surface area contributed by atoms with Crippen LogP contribution in [0.4, 0.5) is 5.69 Å². The van der Waals surface area contributed by atoms with Crippen LogP contribution in [0.1, 0.15) is 11.3 Å². The van der Waals surface area contributed by atoms with Crippen molar-refractivity contribution in [1.82, 2.24) is 4.98 Å². The molecule has 100 valence electrons. The molecule has 1 aromatic heterocycles. The van der Waals surface area contributed by atoms with E-state index < -0.39 is 0 Å². The van der Waals surface area contributed by atoms with Gasteiger partial charge in [-0.2, -0.15) is 0 Å². The summed E-state index contributed by atoms with van der Waals surface area (Å²) in [5, 5.41) is 14.0. The van der Waals surface area contributed by atoms with Crippen LogP contribution in [0.15, 0.2) is 38.7 Å². The number of oxime groups is 1. The molecule has 0 aliphatic rings. The molecule has 0 spiro atoms. The van der Waals surface area contributed by atoms with Crippen molar-refractivity contribution in [3.8, 4) is 0 Å². The first kappa shape index (κ1) is 13.8. The van der Waals surface area contributed by atoms with Crippen molar-refractivity contribution in [1.29, 1.82) is 0 Å². The summed E-state index contributed by atoms with van der Waals surface area (Å²) >= 11 is 4.98. The summed E-state index contributed by atoms with van der Waals surface area (Å²) < 4.78 is 0.783. The summed E-state index contributed by atoms with van der Waals surface area (Å²) in [6, 6.07) is 5.68. The van der Waals surface area contributed by atoms with Crippen molar-refractivity contribution >= 4 is 38.8 Å². The third-order valence-corrected chi connectivity index (χ3v) is 3.95. The Morgan fingerprint density at radius 3 is 3.00 bits per heavy atom. The Labute approximate surface area is 123 Å². The predicted molar refractivity (Wildman–Crippen MR) is 80.9 cm³/mol. The summed E-state index contributed by atoms with van der Waals surface area (Å²) in [5.74, 6) is 0.0765. The van der Waals surface area contributed by atoms with Crippen LogP contribution in [-0.4, -0.2) is 23.1 Å². The highest BCUT2D eigenvalue weighted by molar-refractivity contribution is 9.10. The SMILES string of the molecule is CN(Cc1cscn1)c1cccc(Br)c1/C(N)=N/O. The molecule has 2 aromatic rings. The monoisotopic (exact) mass is 340 g/mol. The van der Waals surface area contributed by atoms with Gasteiger partial charge in [-0.15, -0.1) is 11.3 Å². The van der Waals surface area contributed by atoms with Crippen LogP contribution in [0.5, 0.6) is 0 Å². The highest BCUT2D eigenvalue weighted by atomic mass is 79.9. The first-order chi connectivity index (χ1) is 9.13. The smallest absolute Gasteiger partial charge is 0.173 e. The lowest BCUT2D eigenvalue weighted by Crippen LogP contribution is -2.23. The number of nitrogens with zero attached hydrogens (tertiary/aromatic N) is 3. The van der Waals surface area contributed by atoms with Crippen molar-refractivity contribution < 1.29 is 5.21 Å². The summed E-state index contributed by atoms with van der Waals surface area (Å²) in [6.07, 6.45) is 0. The highest BCUT2D eigenvalue weighted by Gasteiger charge is 2.15. The van der Waals surface area contributed by atoms with Crippen molar-refractivity contribution in [3.05, 3.63) is 44.8 Å². The van der Waals surface area contributed by atoms with Crippen LogP contribution in [-0.2, 0) is 6.54 Å². The molecular formula is C12H13BrN4OS. The molecule has 0 aliphatic heterocycles. The maximum Gasteiger partial charge on any atom is 0.173 e. The number of rotatable bonds is 4. The van der Waals surface area contributed by atoms with E-state index in [2.05, 4.69) is 26.1 Å². The van der Waals surface area contributed by atoms with Gasteiger partial charge in [-0.25, -0.2) is 4.98 Å². The standard InChI is InChI=1S/C12H13BrN4OS/c1-17(5-8-6-19-7-15-8)10-4-2-3-9(13)11(10)12(14)16-18/h2-4,6-7,18H,5H2,1H3,(H2,14,16). The minimum atomic E-state index is 0.0765. The maximum absolute atomic E-state index is 8.89. The van der Waals surface area contributed by atoms with Crippen molar-refractivity contribution in [3.63, 3.8) is 0 Å². The molecule has 0 saturated carbocycles. The van der Waals surface area contributed by atoms with Gasteiger partial charge in [0.15, 0.2) is 5.84 Å². The van der Waals surface area contributed by atoms with E-state index in [4.69, 9.17) is 10.9 Å². The van der Waals surface area contributed by atoms with E-state index in [-0.39, 0.29) is 5.84 Å². The quantitative estimate of drug-likeness (QED) is 0.388. The van der Waals surface area contributed by atoms with Crippen LogP contribution in [0, 0.1) is 0 Å². The average molecular weight is 341 g/mol. The number of hydrogen-bond donors (Lipinski definition) is 2. The fourth-order valence-electron chi connectivity index (χ4n) is 1.78. The molecule has 7 heteroatoms. The lowest BCUT2D eigenvalue weighted by atomic mass is 10.1. The van der Waals surface area contributed by atoms with Gasteiger partial charge < -0.3 is 15.8 Å². The Kier molecular flexibility index (Phi) is 4.39. The summed E-state index contributed by atoms with van der Waals surface area (Å²) in [6.45, 7) is 0.658. The zero-order valence-electron chi connectivity index (χ0n) is 10.2. The van der Waals surface area contributed by atoms with Gasteiger partial charge in [-0.3, -0.25) is 0 Å². The Morgan fingerprint density at radius 2 is 2.37 bits per heavy atom. The van der Waals surface area contributed by atoms with Crippen LogP contribution in [0.3, 0.4) is 0 Å². The molecule has 0 atom stereocenters. The minimum Gasteiger partial charge on any atom is -0.409 e. The fraction of sp³-hybridized carbons (Fsp3) is 0.167. The topological polar surface area (TPSA) is 74.7 Å². The second-order valence-electron chi connectivity index (χ2n) is 3.96. The third-order valence-electron chi connectivity index (χ3n) is 2.65. The molecule has 0 bridgehead atoms. The van der Waals surface area contributed by atoms with Gasteiger partial charge >= 0.3 is 0 Å². The lowest BCUT2D eigenvalue weighted by Gasteiger charge is -2.22. The number of hydrogen-bond acceptors (Lipinski definition) is 5. The van der Waals surface area contributed by atoms with Gasteiger partial charge in [0, 0.05) is 22.6 Å². The molecule has 0 radical (unpaired) electrons. The van der Waals surface area contributed by atoms with Crippen molar-refractivity contribution in [2.75, 3.05) is 11.9 Å². The largest absolute Gasteiger partial charge is 0.409 e. The number of benzene rings is 1. The fourth-order valence-corrected chi connectivity index (χ4v) is 2.89. The van der Waals surface area contributed by atoms with E-state index >= 15 is 0 Å². The number of thiazole rings is 1. The van der Waals surface area contributed by atoms with E-state index in [1.54, 1.807) is 16.8 Å². The van der Waals surface area contributed by atoms with Crippen molar-refractivity contribution in [2.24, 2.45) is 10.9 Å². The molecule has 0 amide bonds. The molecule has 5 nitrogen and oxygen atoms in total. The normalized spacial score (nSPS) is 11.6. The van der Waals surface area contributed by atoms with Gasteiger partial charge in [0.25, 0.3) is 0 Å². The van der Waals surface area contributed by atoms with E-state index in [0.29, 0.717) is 12.1 Å². The van der Waals surface area contributed by atoms with Gasteiger partial charge in [-0.1, -0.05) is 11.2 Å². The zero-order chi connectivity index (χ0) is 13.8. The third kappa shape index (κ3) is 3.05. The van der Waals surface area contributed by atoms with Gasteiger partial charge in [0.05, 0.1) is 23.3 Å². The molecule has 2 rings (SSSR count). The molecular weight excluding hydrogens is 328 g/mol. The van der Waals surface area contributed by atoms with E-state index in [1.165, 1.54) is 0 Å².